The summed E-state index contributed by atoms with van der Waals surface area (Å²) in [6.07, 6.45) is 0.627. The van der Waals surface area contributed by atoms with Crippen LogP contribution >= 0.6 is 0 Å². The molecule has 1 unspecified atom stereocenters. The molecule has 1 heterocycles. The van der Waals surface area contributed by atoms with Gasteiger partial charge in [0.05, 0.1) is 24.5 Å². The van der Waals surface area contributed by atoms with E-state index in [1.54, 1.807) is 20.2 Å². The molecule has 2 aromatic carbocycles. The number of aromatic amines is 1. The van der Waals surface area contributed by atoms with Gasteiger partial charge in [-0.1, -0.05) is 43.3 Å². The Hall–Kier alpha value is -4.05. The molecule has 0 radical (unpaired) electrons. The van der Waals surface area contributed by atoms with Gasteiger partial charge in [-0.25, -0.2) is 0 Å². The lowest BCUT2D eigenvalue weighted by atomic mass is 10.1. The molecule has 0 bridgehead atoms. The first-order chi connectivity index (χ1) is 16.7. The van der Waals surface area contributed by atoms with Crippen LogP contribution in [0.1, 0.15) is 29.3 Å². The summed E-state index contributed by atoms with van der Waals surface area (Å²) in [7, 11) is 4.58. The number of phenols is 1. The van der Waals surface area contributed by atoms with Crippen LogP contribution in [-0.4, -0.2) is 52.4 Å². The van der Waals surface area contributed by atoms with Crippen LogP contribution < -0.4 is 21.8 Å². The molecule has 0 saturated carbocycles. The van der Waals surface area contributed by atoms with Crippen LogP contribution in [0.3, 0.4) is 0 Å². The summed E-state index contributed by atoms with van der Waals surface area (Å²) in [4.78, 5) is 39.5. The minimum atomic E-state index is -0.571. The SMILES string of the molecule is CCC(COCc1ccccc1)Nc1c(Nc2cccc(C(=O)N(C)C)c2O)c(=O)[nH]n(C)c1=O. The summed E-state index contributed by atoms with van der Waals surface area (Å²) in [6.45, 7) is 2.66. The van der Waals surface area contributed by atoms with Crippen LogP contribution in [0.15, 0.2) is 58.1 Å². The van der Waals surface area contributed by atoms with Gasteiger partial charge in [0.25, 0.3) is 17.0 Å². The molecular formula is C25H31N5O5. The second-order valence-electron chi connectivity index (χ2n) is 8.33. The number of rotatable bonds is 10. The van der Waals surface area contributed by atoms with Crippen LogP contribution in [0.5, 0.6) is 5.75 Å². The smallest absolute Gasteiger partial charge is 0.290 e. The summed E-state index contributed by atoms with van der Waals surface area (Å²) in [5.74, 6) is -0.723. The fourth-order valence-corrected chi connectivity index (χ4v) is 3.45. The van der Waals surface area contributed by atoms with Crippen LogP contribution in [0.2, 0.25) is 0 Å². The maximum atomic E-state index is 13.0. The van der Waals surface area contributed by atoms with Gasteiger partial charge in [0, 0.05) is 27.2 Å². The molecule has 0 fully saturated rings. The van der Waals surface area contributed by atoms with E-state index in [0.717, 1.165) is 10.2 Å². The van der Waals surface area contributed by atoms with E-state index >= 15 is 0 Å². The number of aryl methyl sites for hydroxylation is 1. The van der Waals surface area contributed by atoms with Crippen molar-refractivity contribution in [1.82, 2.24) is 14.7 Å². The number of nitrogens with zero attached hydrogens (tertiary/aromatic N) is 2. The first-order valence-corrected chi connectivity index (χ1v) is 11.2. The van der Waals surface area contributed by atoms with E-state index in [9.17, 15) is 19.5 Å². The summed E-state index contributed by atoms with van der Waals surface area (Å²) in [5.41, 5.74) is 0.143. The molecule has 0 aliphatic rings. The molecular weight excluding hydrogens is 450 g/mol. The molecule has 0 spiro atoms. The number of aromatic nitrogens is 2. The first-order valence-electron chi connectivity index (χ1n) is 11.2. The summed E-state index contributed by atoms with van der Waals surface area (Å²) in [6, 6.07) is 14.0. The monoisotopic (exact) mass is 481 g/mol. The Morgan fingerprint density at radius 1 is 1.11 bits per heavy atom. The van der Waals surface area contributed by atoms with Gasteiger partial charge in [-0.3, -0.25) is 24.2 Å². The van der Waals surface area contributed by atoms with Gasteiger partial charge in [-0.2, -0.15) is 0 Å². The minimum absolute atomic E-state index is 0.0372. The predicted molar refractivity (Wildman–Crippen MR) is 136 cm³/mol. The molecule has 3 rings (SSSR count). The Morgan fingerprint density at radius 3 is 2.49 bits per heavy atom. The Morgan fingerprint density at radius 2 is 1.83 bits per heavy atom. The predicted octanol–water partition coefficient (Wildman–Crippen LogP) is 2.63. The Kier molecular flexibility index (Phi) is 8.32. The molecule has 1 amide bonds. The number of hydrogen-bond donors (Lipinski definition) is 4. The number of carbonyl (C=O) groups excluding carboxylic acids is 1. The number of nitrogens with one attached hydrogen (secondary N) is 3. The lowest BCUT2D eigenvalue weighted by molar-refractivity contribution is 0.0824. The second kappa shape index (κ2) is 11.4. The van der Waals surface area contributed by atoms with Crippen molar-refractivity contribution in [3.05, 3.63) is 80.4 Å². The number of anilines is 3. The average molecular weight is 482 g/mol. The topological polar surface area (TPSA) is 129 Å². The molecule has 0 aliphatic carbocycles. The lowest BCUT2D eigenvalue weighted by Crippen LogP contribution is -2.35. The zero-order valence-corrected chi connectivity index (χ0v) is 20.3. The van der Waals surface area contributed by atoms with Crippen LogP contribution in [0.4, 0.5) is 17.1 Å². The van der Waals surface area contributed by atoms with Crippen molar-refractivity contribution in [2.75, 3.05) is 31.3 Å². The molecule has 0 aliphatic heterocycles. The number of H-pyrrole nitrogens is 1. The molecule has 35 heavy (non-hydrogen) atoms. The van der Waals surface area contributed by atoms with Crippen LogP contribution in [0, 0.1) is 0 Å². The molecule has 1 aromatic heterocycles. The highest BCUT2D eigenvalue weighted by Gasteiger charge is 2.21. The third-order valence-electron chi connectivity index (χ3n) is 5.47. The number of amides is 1. The summed E-state index contributed by atoms with van der Waals surface area (Å²) >= 11 is 0. The normalized spacial score (nSPS) is 11.7. The molecule has 10 nitrogen and oxygen atoms in total. The van der Waals surface area contributed by atoms with E-state index in [0.29, 0.717) is 19.6 Å². The average Bonchev–Trinajstić information content (AvgIpc) is 2.84. The van der Waals surface area contributed by atoms with Crippen LogP contribution in [-0.2, 0) is 18.4 Å². The standard InChI is InChI=1S/C25H31N5O5/c1-5-17(15-35-14-16-10-7-6-8-11-16)26-21-20(23(32)28-30(4)25(21)34)27-19-13-9-12-18(22(19)31)24(33)29(2)3/h6-13,17,26-27,31H,5,14-15H2,1-4H3,(H,28,32). The maximum Gasteiger partial charge on any atom is 0.290 e. The molecule has 3 aromatic rings. The Balaban J connectivity index is 1.88. The van der Waals surface area contributed by atoms with Gasteiger partial charge in [0.2, 0.25) is 0 Å². The van der Waals surface area contributed by atoms with Crippen molar-refractivity contribution < 1.29 is 14.6 Å². The van der Waals surface area contributed by atoms with E-state index in [1.807, 2.05) is 37.3 Å². The maximum absolute atomic E-state index is 13.0. The fraction of sp³-hybridized carbons (Fsp3) is 0.320. The highest BCUT2D eigenvalue weighted by atomic mass is 16.5. The highest BCUT2D eigenvalue weighted by molar-refractivity contribution is 5.98. The van der Waals surface area contributed by atoms with E-state index in [1.165, 1.54) is 24.1 Å². The number of ether oxygens (including phenoxy) is 1. The summed E-state index contributed by atoms with van der Waals surface area (Å²) < 4.78 is 6.91. The molecule has 10 heteroatoms. The summed E-state index contributed by atoms with van der Waals surface area (Å²) in [5, 5.41) is 19.1. The van der Waals surface area contributed by atoms with E-state index in [2.05, 4.69) is 15.7 Å². The number of phenolic OH excluding ortho intramolecular Hbond substituents is 1. The largest absolute Gasteiger partial charge is 0.505 e. The number of aromatic hydroxyl groups is 1. The van der Waals surface area contributed by atoms with Crippen molar-refractivity contribution in [2.45, 2.75) is 26.0 Å². The molecule has 1 atom stereocenters. The zero-order chi connectivity index (χ0) is 25.5. The molecule has 4 N–H and O–H groups in total. The number of para-hydroxylation sites is 1. The minimum Gasteiger partial charge on any atom is -0.505 e. The Labute approximate surface area is 203 Å². The fourth-order valence-electron chi connectivity index (χ4n) is 3.45. The second-order valence-corrected chi connectivity index (χ2v) is 8.33. The quantitative estimate of drug-likeness (QED) is 0.328. The van der Waals surface area contributed by atoms with Gasteiger partial charge in [-0.05, 0) is 24.1 Å². The van der Waals surface area contributed by atoms with Gasteiger partial charge in [-0.15, -0.1) is 0 Å². The van der Waals surface area contributed by atoms with E-state index < -0.39 is 17.0 Å². The lowest BCUT2D eigenvalue weighted by Gasteiger charge is -2.21. The van der Waals surface area contributed by atoms with E-state index in [-0.39, 0.29) is 34.4 Å². The van der Waals surface area contributed by atoms with Gasteiger partial charge in [0.1, 0.15) is 11.4 Å². The number of benzene rings is 2. The Bertz CT molecular complexity index is 1280. The highest BCUT2D eigenvalue weighted by Crippen LogP contribution is 2.31. The number of carbonyl (C=O) groups is 1. The number of hydrogen-bond acceptors (Lipinski definition) is 7. The van der Waals surface area contributed by atoms with Gasteiger partial charge in [0.15, 0.2) is 5.75 Å². The van der Waals surface area contributed by atoms with Crippen molar-refractivity contribution >= 4 is 23.0 Å². The molecule has 0 saturated heterocycles. The first kappa shape index (κ1) is 25.6. The van der Waals surface area contributed by atoms with E-state index in [4.69, 9.17) is 4.74 Å². The van der Waals surface area contributed by atoms with Crippen molar-refractivity contribution in [3.63, 3.8) is 0 Å². The molecule has 186 valence electrons. The van der Waals surface area contributed by atoms with Crippen molar-refractivity contribution in [1.29, 1.82) is 0 Å². The van der Waals surface area contributed by atoms with Crippen molar-refractivity contribution in [2.24, 2.45) is 7.05 Å². The van der Waals surface area contributed by atoms with Crippen molar-refractivity contribution in [3.8, 4) is 5.75 Å². The van der Waals surface area contributed by atoms with Gasteiger partial charge < -0.3 is 25.4 Å². The zero-order valence-electron chi connectivity index (χ0n) is 20.3. The third kappa shape index (κ3) is 6.10. The third-order valence-corrected chi connectivity index (χ3v) is 5.47. The van der Waals surface area contributed by atoms with Gasteiger partial charge >= 0.3 is 0 Å². The van der Waals surface area contributed by atoms with Crippen LogP contribution in [0.25, 0.3) is 0 Å².